The van der Waals surface area contributed by atoms with E-state index < -0.39 is 6.16 Å². The van der Waals surface area contributed by atoms with Gasteiger partial charge in [-0.2, -0.15) is 0 Å². The van der Waals surface area contributed by atoms with Gasteiger partial charge < -0.3 is 14.8 Å². The summed E-state index contributed by atoms with van der Waals surface area (Å²) in [4.78, 5) is 10.4. The lowest BCUT2D eigenvalue weighted by Gasteiger charge is -2.34. The van der Waals surface area contributed by atoms with Crippen LogP contribution in [0.1, 0.15) is 0 Å². The predicted molar refractivity (Wildman–Crippen MR) is 28.0 cm³/mol. The smallest absolute Gasteiger partial charge is 0.430 e. The minimum atomic E-state index is -0.531. The monoisotopic (exact) mass is 129 g/mol. The van der Waals surface area contributed by atoms with Crippen molar-refractivity contribution in [2.75, 3.05) is 19.7 Å². The molecule has 0 aromatic carbocycles. The van der Waals surface area contributed by atoms with Gasteiger partial charge in [0.15, 0.2) is 5.60 Å². The average Bonchev–Trinajstić information content (AvgIpc) is 2.09. The summed E-state index contributed by atoms with van der Waals surface area (Å²) in [6.45, 7) is 1.89. The predicted octanol–water partition coefficient (Wildman–Crippen LogP) is -0.505. The van der Waals surface area contributed by atoms with Crippen LogP contribution in [0.4, 0.5) is 4.79 Å². The van der Waals surface area contributed by atoms with Crippen molar-refractivity contribution in [3.05, 3.63) is 0 Å². The van der Waals surface area contributed by atoms with E-state index in [1.54, 1.807) is 0 Å². The summed E-state index contributed by atoms with van der Waals surface area (Å²) in [6.07, 6.45) is -0.531. The van der Waals surface area contributed by atoms with E-state index in [4.69, 9.17) is 4.74 Å². The molecule has 9 heavy (non-hydrogen) atoms. The summed E-state index contributed by atoms with van der Waals surface area (Å²) in [5.74, 6) is 0. The summed E-state index contributed by atoms with van der Waals surface area (Å²) in [5.41, 5.74) is -0.295. The van der Waals surface area contributed by atoms with Crippen LogP contribution in [0.3, 0.4) is 0 Å². The molecule has 50 valence electrons. The first-order chi connectivity index (χ1) is 4.31. The minimum absolute atomic E-state index is 0.295. The molecule has 4 nitrogen and oxygen atoms in total. The van der Waals surface area contributed by atoms with E-state index >= 15 is 0 Å². The van der Waals surface area contributed by atoms with Gasteiger partial charge in [0.25, 0.3) is 0 Å². The lowest BCUT2D eigenvalue weighted by molar-refractivity contribution is 0.0138. The van der Waals surface area contributed by atoms with Crippen molar-refractivity contribution in [2.45, 2.75) is 5.60 Å². The molecule has 2 fully saturated rings. The van der Waals surface area contributed by atoms with E-state index in [1.807, 2.05) is 0 Å². The first kappa shape index (κ1) is 5.05. The molecule has 0 aromatic heterocycles. The number of cyclic esters (lactones) is 1. The molecule has 1 spiro atoms. The first-order valence-electron chi connectivity index (χ1n) is 2.87. The van der Waals surface area contributed by atoms with Crippen molar-refractivity contribution in [3.8, 4) is 0 Å². The molecule has 0 aliphatic carbocycles. The van der Waals surface area contributed by atoms with E-state index in [9.17, 15) is 4.79 Å². The molecule has 0 atom stereocenters. The first-order valence-corrected chi connectivity index (χ1v) is 2.87. The third-order valence-corrected chi connectivity index (χ3v) is 1.65. The number of ether oxygens (including phenoxy) is 2. The van der Waals surface area contributed by atoms with Gasteiger partial charge in [0, 0.05) is 13.1 Å². The van der Waals surface area contributed by atoms with Gasteiger partial charge in [0.05, 0.1) is 0 Å². The largest absolute Gasteiger partial charge is 0.509 e. The Morgan fingerprint density at radius 2 is 2.33 bits per heavy atom. The van der Waals surface area contributed by atoms with Gasteiger partial charge in [-0.05, 0) is 0 Å². The van der Waals surface area contributed by atoms with Gasteiger partial charge in [-0.1, -0.05) is 0 Å². The molecule has 2 rings (SSSR count). The van der Waals surface area contributed by atoms with Gasteiger partial charge >= 0.3 is 6.16 Å². The molecule has 0 saturated carbocycles. The molecule has 0 amide bonds. The molecule has 2 aliphatic heterocycles. The number of carbonyl (C=O) groups excluding carboxylic acids is 1. The maximum atomic E-state index is 10.4. The maximum Gasteiger partial charge on any atom is 0.509 e. The Morgan fingerprint density at radius 1 is 1.56 bits per heavy atom. The molecular formula is C5H7NO3. The van der Waals surface area contributed by atoms with Crippen LogP contribution < -0.4 is 5.32 Å². The summed E-state index contributed by atoms with van der Waals surface area (Å²) in [7, 11) is 0. The number of rotatable bonds is 0. The van der Waals surface area contributed by atoms with Crippen molar-refractivity contribution in [2.24, 2.45) is 0 Å². The highest BCUT2D eigenvalue weighted by Crippen LogP contribution is 2.23. The Labute approximate surface area is 52.1 Å². The zero-order valence-electron chi connectivity index (χ0n) is 4.85. The second-order valence-electron chi connectivity index (χ2n) is 2.43. The van der Waals surface area contributed by atoms with E-state index in [0.717, 1.165) is 13.1 Å². The molecule has 0 bridgehead atoms. The lowest BCUT2D eigenvalue weighted by Crippen LogP contribution is -2.61. The van der Waals surface area contributed by atoms with Gasteiger partial charge in [0.2, 0.25) is 0 Å². The van der Waals surface area contributed by atoms with Crippen molar-refractivity contribution in [3.63, 3.8) is 0 Å². The molecule has 0 unspecified atom stereocenters. The summed E-state index contributed by atoms with van der Waals surface area (Å²) < 4.78 is 9.47. The normalized spacial score (nSPS) is 29.1. The number of nitrogens with one attached hydrogen (secondary N) is 1. The second kappa shape index (κ2) is 1.39. The van der Waals surface area contributed by atoms with Gasteiger partial charge in [-0.3, -0.25) is 0 Å². The van der Waals surface area contributed by atoms with Crippen LogP contribution in [0, 0.1) is 0 Å². The average molecular weight is 129 g/mol. The molecule has 2 saturated heterocycles. The third-order valence-electron chi connectivity index (χ3n) is 1.65. The topological polar surface area (TPSA) is 47.6 Å². The summed E-state index contributed by atoms with van der Waals surface area (Å²) >= 11 is 0. The quantitative estimate of drug-likeness (QED) is 0.448. The van der Waals surface area contributed by atoms with Crippen LogP contribution >= 0.6 is 0 Å². The molecule has 0 radical (unpaired) electrons. The number of hydrogen-bond donors (Lipinski definition) is 1. The molecular weight excluding hydrogens is 122 g/mol. The fourth-order valence-electron chi connectivity index (χ4n) is 1.00. The zero-order valence-corrected chi connectivity index (χ0v) is 4.85. The molecule has 0 aromatic rings. The van der Waals surface area contributed by atoms with Crippen LogP contribution in [-0.4, -0.2) is 31.5 Å². The number of carbonyl (C=O) groups is 1. The summed E-state index contributed by atoms with van der Waals surface area (Å²) in [5, 5.41) is 3.01. The SMILES string of the molecule is O=C1OCC2(CNC2)O1. The minimum Gasteiger partial charge on any atom is -0.430 e. The van der Waals surface area contributed by atoms with Crippen LogP contribution in [0.2, 0.25) is 0 Å². The standard InChI is InChI=1S/C5H7NO3/c7-4-8-3-5(9-4)1-6-2-5/h6H,1-3H2. The van der Waals surface area contributed by atoms with Gasteiger partial charge in [-0.15, -0.1) is 0 Å². The Bertz CT molecular complexity index is 152. The molecule has 2 aliphatic rings. The van der Waals surface area contributed by atoms with Crippen LogP contribution in [0.15, 0.2) is 0 Å². The van der Waals surface area contributed by atoms with Crippen LogP contribution in [0.25, 0.3) is 0 Å². The second-order valence-corrected chi connectivity index (χ2v) is 2.43. The molecule has 2 heterocycles. The van der Waals surface area contributed by atoms with Crippen LogP contribution in [0.5, 0.6) is 0 Å². The maximum absolute atomic E-state index is 10.4. The summed E-state index contributed by atoms with van der Waals surface area (Å²) in [6, 6.07) is 0. The van der Waals surface area contributed by atoms with E-state index in [1.165, 1.54) is 0 Å². The highest BCUT2D eigenvalue weighted by molar-refractivity contribution is 5.63. The van der Waals surface area contributed by atoms with Crippen LogP contribution in [-0.2, 0) is 9.47 Å². The van der Waals surface area contributed by atoms with Crippen molar-refractivity contribution in [1.29, 1.82) is 0 Å². The lowest BCUT2D eigenvalue weighted by atomic mass is 9.99. The molecule has 4 heteroatoms. The number of hydrogen-bond acceptors (Lipinski definition) is 4. The van der Waals surface area contributed by atoms with Gasteiger partial charge in [-0.25, -0.2) is 4.79 Å². The third kappa shape index (κ3) is 0.595. The van der Waals surface area contributed by atoms with E-state index in [-0.39, 0.29) is 5.60 Å². The van der Waals surface area contributed by atoms with Crippen molar-refractivity contribution < 1.29 is 14.3 Å². The van der Waals surface area contributed by atoms with E-state index in [0.29, 0.717) is 6.61 Å². The Hall–Kier alpha value is -0.770. The highest BCUT2D eigenvalue weighted by Gasteiger charge is 2.47. The van der Waals surface area contributed by atoms with Gasteiger partial charge in [0.1, 0.15) is 6.61 Å². The Kier molecular flexibility index (Phi) is 0.778. The van der Waals surface area contributed by atoms with Crippen molar-refractivity contribution in [1.82, 2.24) is 5.32 Å². The zero-order chi connectivity index (χ0) is 6.32. The Balaban J connectivity index is 2.07. The fraction of sp³-hybridized carbons (Fsp3) is 0.800. The molecule has 1 N–H and O–H groups in total. The fourth-order valence-corrected chi connectivity index (χ4v) is 1.00. The van der Waals surface area contributed by atoms with Crippen molar-refractivity contribution >= 4 is 6.16 Å². The Morgan fingerprint density at radius 3 is 2.56 bits per heavy atom. The highest BCUT2D eigenvalue weighted by atomic mass is 16.8. The van der Waals surface area contributed by atoms with E-state index in [2.05, 4.69) is 10.1 Å².